The molecule has 0 aliphatic carbocycles. The van der Waals surface area contributed by atoms with Crippen LogP contribution in [0.25, 0.3) is 22.1 Å². The molecule has 0 spiro atoms. The Morgan fingerprint density at radius 1 is 1.12 bits per heavy atom. The van der Waals surface area contributed by atoms with Crippen molar-refractivity contribution in [2.75, 3.05) is 0 Å². The molecule has 0 saturated heterocycles. The first-order valence-corrected chi connectivity index (χ1v) is 10.3. The minimum absolute atomic E-state index is 0.618. The largest absolute Gasteiger partial charge is 0.325 e. The molecule has 0 unspecified atom stereocenters. The van der Waals surface area contributed by atoms with E-state index in [1.807, 2.05) is 24.0 Å². The summed E-state index contributed by atoms with van der Waals surface area (Å²) in [5.74, 6) is 1.53. The van der Waals surface area contributed by atoms with Crippen LogP contribution in [0.3, 0.4) is 0 Å². The zero-order valence-corrected chi connectivity index (χ0v) is 16.3. The quantitative estimate of drug-likeness (QED) is 0.464. The number of imidazole rings is 1. The Morgan fingerprint density at radius 2 is 1.96 bits per heavy atom. The van der Waals surface area contributed by atoms with Crippen molar-refractivity contribution >= 4 is 22.7 Å². The second-order valence-electron chi connectivity index (χ2n) is 6.57. The number of benzene rings is 1. The lowest BCUT2D eigenvalue weighted by Gasteiger charge is -2.07. The van der Waals surface area contributed by atoms with Crippen LogP contribution in [-0.4, -0.2) is 19.5 Å². The molecule has 0 atom stereocenters. The van der Waals surface area contributed by atoms with Gasteiger partial charge in [-0.3, -0.25) is 0 Å². The first-order valence-electron chi connectivity index (χ1n) is 8.57. The van der Waals surface area contributed by atoms with E-state index in [0.717, 1.165) is 40.1 Å². The van der Waals surface area contributed by atoms with E-state index in [-0.39, 0.29) is 0 Å². The van der Waals surface area contributed by atoms with Gasteiger partial charge in [-0.1, -0.05) is 38.1 Å². The molecule has 1 radical (unpaired) electrons. The zero-order chi connectivity index (χ0) is 17.9. The van der Waals surface area contributed by atoms with Crippen molar-refractivity contribution in [1.29, 1.82) is 0 Å². The first kappa shape index (κ1) is 17.1. The Kier molecular flexibility index (Phi) is 4.95. The summed E-state index contributed by atoms with van der Waals surface area (Å²) in [6.07, 6.45) is 6.65. The van der Waals surface area contributed by atoms with Gasteiger partial charge in [0.05, 0.1) is 16.1 Å². The van der Waals surface area contributed by atoms with Crippen LogP contribution in [0.2, 0.25) is 0 Å². The molecule has 4 rings (SSSR count). The topological polar surface area (TPSA) is 43.6 Å². The molecular formula is C20H19N4S2. The van der Waals surface area contributed by atoms with Gasteiger partial charge in [0.2, 0.25) is 0 Å². The minimum Gasteiger partial charge on any atom is -0.325 e. The number of hydrogen-bond acceptors (Lipinski definition) is 5. The van der Waals surface area contributed by atoms with E-state index >= 15 is 0 Å². The number of nitrogens with zero attached hydrogens (tertiary/aromatic N) is 4. The maximum absolute atomic E-state index is 4.71. The molecule has 0 amide bonds. The second kappa shape index (κ2) is 7.51. The van der Waals surface area contributed by atoms with Crippen LogP contribution >= 0.6 is 22.7 Å². The van der Waals surface area contributed by atoms with Crippen molar-refractivity contribution < 1.29 is 0 Å². The van der Waals surface area contributed by atoms with E-state index in [2.05, 4.69) is 58.0 Å². The minimum atomic E-state index is 0.618. The lowest BCUT2D eigenvalue weighted by molar-refractivity contribution is 0.645. The summed E-state index contributed by atoms with van der Waals surface area (Å²) in [6, 6.07) is 8.55. The molecule has 0 N–H and O–H groups in total. The zero-order valence-electron chi connectivity index (χ0n) is 14.7. The summed E-state index contributed by atoms with van der Waals surface area (Å²) in [4.78, 5) is 13.5. The lowest BCUT2D eigenvalue weighted by Crippen LogP contribution is -2.00. The maximum atomic E-state index is 4.71. The van der Waals surface area contributed by atoms with Gasteiger partial charge in [0.25, 0.3) is 0 Å². The lowest BCUT2D eigenvalue weighted by atomic mass is 10.1. The molecule has 0 bridgehead atoms. The van der Waals surface area contributed by atoms with Crippen molar-refractivity contribution in [3.63, 3.8) is 0 Å². The van der Waals surface area contributed by atoms with Gasteiger partial charge in [-0.25, -0.2) is 15.0 Å². The highest BCUT2D eigenvalue weighted by molar-refractivity contribution is 7.13. The van der Waals surface area contributed by atoms with Crippen LogP contribution in [0.4, 0.5) is 0 Å². The van der Waals surface area contributed by atoms with E-state index in [9.17, 15) is 0 Å². The average molecular weight is 380 g/mol. The van der Waals surface area contributed by atoms with Gasteiger partial charge in [0.15, 0.2) is 10.8 Å². The Labute approximate surface area is 161 Å². The van der Waals surface area contributed by atoms with Crippen molar-refractivity contribution in [2.24, 2.45) is 5.92 Å². The average Bonchev–Trinajstić information content (AvgIpc) is 3.36. The smallest absolute Gasteiger partial charge is 0.169 e. The monoisotopic (exact) mass is 379 g/mol. The fourth-order valence-corrected chi connectivity index (χ4v) is 4.35. The summed E-state index contributed by atoms with van der Waals surface area (Å²) in [5, 5.41) is 7.41. The summed E-state index contributed by atoms with van der Waals surface area (Å²) >= 11 is 3.23. The van der Waals surface area contributed by atoms with E-state index in [0.29, 0.717) is 5.92 Å². The predicted molar refractivity (Wildman–Crippen MR) is 107 cm³/mol. The van der Waals surface area contributed by atoms with Crippen LogP contribution < -0.4 is 0 Å². The van der Waals surface area contributed by atoms with Gasteiger partial charge in [-0.2, -0.15) is 0 Å². The maximum Gasteiger partial charge on any atom is 0.169 e. The third-order valence-electron chi connectivity index (χ3n) is 4.00. The molecule has 1 aromatic carbocycles. The standard InChI is InChI=1S/C20H19N4S2/c1-14(2)11-18-23-17(13-26-18)16-5-3-15(4-6-16)12-24-9-7-21-19(24)20-22-8-10-25-20/h3-10,14H,11-12H2,1-2H3. The Morgan fingerprint density at radius 3 is 2.69 bits per heavy atom. The molecule has 6 heteroatoms. The molecule has 0 fully saturated rings. The molecular weight excluding hydrogens is 360 g/mol. The van der Waals surface area contributed by atoms with Crippen LogP contribution in [0.15, 0.2) is 48.2 Å². The van der Waals surface area contributed by atoms with Gasteiger partial charge in [-0.05, 0) is 11.5 Å². The molecule has 4 nitrogen and oxygen atoms in total. The van der Waals surface area contributed by atoms with Crippen molar-refractivity contribution in [3.8, 4) is 22.1 Å². The van der Waals surface area contributed by atoms with Crippen LogP contribution in [0, 0.1) is 11.3 Å². The molecule has 0 aliphatic heterocycles. The van der Waals surface area contributed by atoms with Crippen molar-refractivity contribution in [3.05, 3.63) is 64.2 Å². The second-order valence-corrected chi connectivity index (χ2v) is 8.34. The Bertz CT molecular complexity index is 966. The van der Waals surface area contributed by atoms with Crippen LogP contribution in [0.5, 0.6) is 0 Å². The highest BCUT2D eigenvalue weighted by atomic mass is 32.1. The fraction of sp³-hybridized carbons (Fsp3) is 0.250. The summed E-state index contributed by atoms with van der Waals surface area (Å²) < 4.78 is 2.13. The van der Waals surface area contributed by atoms with E-state index in [4.69, 9.17) is 4.98 Å². The van der Waals surface area contributed by atoms with Crippen molar-refractivity contribution in [2.45, 2.75) is 26.8 Å². The van der Waals surface area contributed by atoms with Gasteiger partial charge in [-0.15, -0.1) is 22.7 Å². The normalized spacial score (nSPS) is 11.3. The number of hydrogen-bond donors (Lipinski definition) is 0. The molecule has 131 valence electrons. The van der Waals surface area contributed by atoms with Crippen LogP contribution in [-0.2, 0) is 13.0 Å². The van der Waals surface area contributed by atoms with Gasteiger partial charge < -0.3 is 4.57 Å². The number of thiazole rings is 2. The molecule has 26 heavy (non-hydrogen) atoms. The predicted octanol–water partition coefficient (Wildman–Crippen LogP) is 5.18. The summed E-state index contributed by atoms with van der Waals surface area (Å²) in [7, 11) is 0. The highest BCUT2D eigenvalue weighted by Crippen LogP contribution is 2.24. The van der Waals surface area contributed by atoms with Crippen LogP contribution in [0.1, 0.15) is 24.4 Å². The third-order valence-corrected chi connectivity index (χ3v) is 5.56. The highest BCUT2D eigenvalue weighted by Gasteiger charge is 2.10. The molecule has 0 aliphatic rings. The number of aromatic nitrogens is 4. The van der Waals surface area contributed by atoms with Gasteiger partial charge >= 0.3 is 0 Å². The fourth-order valence-electron chi connectivity index (χ4n) is 2.77. The van der Waals surface area contributed by atoms with Gasteiger partial charge in [0.1, 0.15) is 0 Å². The molecule has 0 saturated carbocycles. The summed E-state index contributed by atoms with van der Waals surface area (Å²) in [5.41, 5.74) is 3.29. The third kappa shape index (κ3) is 3.76. The first-order chi connectivity index (χ1) is 12.7. The molecule has 3 aromatic heterocycles. The Hall–Kier alpha value is -2.31. The number of rotatable bonds is 6. The molecule has 4 aromatic rings. The van der Waals surface area contributed by atoms with E-state index < -0.39 is 0 Å². The van der Waals surface area contributed by atoms with Gasteiger partial charge in [0, 0.05) is 42.5 Å². The molecule has 3 heterocycles. The van der Waals surface area contributed by atoms with E-state index in [1.165, 1.54) is 5.56 Å². The summed E-state index contributed by atoms with van der Waals surface area (Å²) in [6.45, 7) is 5.20. The SMILES string of the molecule is CC(C)Cc1nc(-c2ccc(Cn3ccnc3-c3nccs3)cc2)[c]s1. The van der Waals surface area contributed by atoms with Crippen molar-refractivity contribution in [1.82, 2.24) is 19.5 Å². The van der Waals surface area contributed by atoms with E-state index in [1.54, 1.807) is 22.7 Å². The Balaban J connectivity index is 1.50.